The number of anilines is 2. The van der Waals surface area contributed by atoms with Gasteiger partial charge in [-0.25, -0.2) is 0 Å². The lowest BCUT2D eigenvalue weighted by molar-refractivity contribution is 0.332. The van der Waals surface area contributed by atoms with Crippen LogP contribution in [0.3, 0.4) is 0 Å². The third-order valence-electron chi connectivity index (χ3n) is 16.8. The van der Waals surface area contributed by atoms with E-state index in [9.17, 15) is 0 Å². The van der Waals surface area contributed by atoms with Crippen LogP contribution in [-0.2, 0) is 21.7 Å². The number of nitrogens with one attached hydrogen (secondary N) is 1. The van der Waals surface area contributed by atoms with Gasteiger partial charge < -0.3 is 14.3 Å². The Hall–Kier alpha value is -6.56. The molecule has 4 heterocycles. The zero-order valence-electron chi connectivity index (χ0n) is 40.6. The summed E-state index contributed by atoms with van der Waals surface area (Å²) in [4.78, 5) is 0. The fourth-order valence-corrected chi connectivity index (χ4v) is 14.1. The van der Waals surface area contributed by atoms with Gasteiger partial charge in [0.15, 0.2) is 7.28 Å². The number of nitrogens with zero attached hydrogens (tertiary/aromatic N) is 1. The number of furan rings is 1. The Morgan fingerprint density at radius 3 is 2.09 bits per heavy atom. The van der Waals surface area contributed by atoms with Gasteiger partial charge in [0, 0.05) is 75.3 Å². The summed E-state index contributed by atoms with van der Waals surface area (Å²) in [5.74, 6) is 0. The Labute approximate surface area is 403 Å². The maximum atomic E-state index is 7.41. The van der Waals surface area contributed by atoms with Crippen LogP contribution in [0.5, 0.6) is 0 Å². The van der Waals surface area contributed by atoms with Crippen LogP contribution in [0.25, 0.3) is 91.9 Å². The van der Waals surface area contributed by atoms with Crippen LogP contribution in [-0.4, -0.2) is 11.8 Å². The molecule has 68 heavy (non-hydrogen) atoms. The molecule has 0 atom stereocenters. The summed E-state index contributed by atoms with van der Waals surface area (Å²) in [6.45, 7) is 21.5. The van der Waals surface area contributed by atoms with Crippen LogP contribution in [0.4, 0.5) is 11.4 Å². The number of hydrogen-bond donors (Lipinski definition) is 1. The van der Waals surface area contributed by atoms with Crippen molar-refractivity contribution in [2.24, 2.45) is 0 Å². The van der Waals surface area contributed by atoms with E-state index in [-0.39, 0.29) is 21.7 Å². The van der Waals surface area contributed by atoms with E-state index in [0.717, 1.165) is 48.0 Å². The van der Waals surface area contributed by atoms with E-state index in [4.69, 9.17) is 4.42 Å². The van der Waals surface area contributed by atoms with E-state index in [1.54, 1.807) is 0 Å². The first-order valence-corrected chi connectivity index (χ1v) is 25.5. The molecule has 0 saturated carbocycles. The van der Waals surface area contributed by atoms with Gasteiger partial charge in [0.2, 0.25) is 0 Å². The molecule has 0 saturated heterocycles. The zero-order chi connectivity index (χ0) is 46.4. The highest BCUT2D eigenvalue weighted by atomic mass is 32.1. The lowest BCUT2D eigenvalue weighted by Gasteiger charge is -2.42. The third-order valence-corrected chi connectivity index (χ3v) is 17.9. The number of rotatable bonds is 3. The van der Waals surface area contributed by atoms with Gasteiger partial charge in [-0.1, -0.05) is 141 Å². The van der Waals surface area contributed by atoms with Crippen molar-refractivity contribution in [3.63, 3.8) is 0 Å². The molecule has 0 fully saturated rings. The summed E-state index contributed by atoms with van der Waals surface area (Å²) in [6, 6.07) is 51.1. The Morgan fingerprint density at radius 2 is 1.31 bits per heavy atom. The predicted octanol–water partition coefficient (Wildman–Crippen LogP) is 16.1. The number of thiophene rings is 1. The normalized spacial score (nSPS) is 16.4. The minimum absolute atomic E-state index is 0.0485. The lowest BCUT2D eigenvalue weighted by Crippen LogP contribution is -2.37. The summed E-state index contributed by atoms with van der Waals surface area (Å²) in [6.07, 6.45) is 2.33. The molecule has 332 valence electrons. The van der Waals surface area contributed by atoms with Gasteiger partial charge in [0.25, 0.3) is 0 Å². The average molecular weight is 899 g/mol. The summed E-state index contributed by atoms with van der Waals surface area (Å²) >= 11 is 1.91. The molecule has 5 heteroatoms. The highest BCUT2D eigenvalue weighted by molar-refractivity contribution is 7.26. The summed E-state index contributed by atoms with van der Waals surface area (Å²) < 4.78 is 12.8. The molecule has 2 aliphatic carbocycles. The Morgan fingerprint density at radius 1 is 0.603 bits per heavy atom. The van der Waals surface area contributed by atoms with Crippen LogP contribution in [0.15, 0.2) is 138 Å². The van der Waals surface area contributed by atoms with Gasteiger partial charge in [0.1, 0.15) is 11.2 Å². The van der Waals surface area contributed by atoms with E-state index in [1.165, 1.54) is 114 Å². The van der Waals surface area contributed by atoms with Crippen molar-refractivity contribution in [1.29, 1.82) is 0 Å². The van der Waals surface area contributed by atoms with E-state index in [1.807, 2.05) is 11.3 Å². The first-order chi connectivity index (χ1) is 32.6. The second kappa shape index (κ2) is 13.4. The minimum atomic E-state index is -0.200. The zero-order valence-corrected chi connectivity index (χ0v) is 41.4. The fourth-order valence-electron chi connectivity index (χ4n) is 12.9. The topological polar surface area (TPSA) is 30.1 Å². The second-order valence-electron chi connectivity index (χ2n) is 23.2. The molecule has 1 N–H and O–H groups in total. The Bertz CT molecular complexity index is 4030. The fraction of sp³-hybridized carbons (Fsp3) is 0.238. The first-order valence-electron chi connectivity index (χ1n) is 24.7. The number of aromatic nitrogens is 1. The van der Waals surface area contributed by atoms with Crippen LogP contribution in [0.2, 0.25) is 0 Å². The molecule has 14 rings (SSSR count). The molecule has 0 spiro atoms. The monoisotopic (exact) mass is 898 g/mol. The van der Waals surface area contributed by atoms with E-state index >= 15 is 0 Å². The maximum Gasteiger partial charge on any atom is 0.198 e. The van der Waals surface area contributed by atoms with Gasteiger partial charge in [-0.2, -0.15) is 0 Å². The number of hydrogen-bond acceptors (Lipinski definition) is 3. The van der Waals surface area contributed by atoms with Crippen molar-refractivity contribution >= 4 is 105 Å². The van der Waals surface area contributed by atoms with Crippen LogP contribution < -0.4 is 16.2 Å². The highest BCUT2D eigenvalue weighted by Gasteiger charge is 2.41. The van der Waals surface area contributed by atoms with Crippen molar-refractivity contribution in [2.45, 2.75) is 96.8 Å². The van der Waals surface area contributed by atoms with E-state index in [0.29, 0.717) is 0 Å². The molecular weight excluding hydrogens is 844 g/mol. The van der Waals surface area contributed by atoms with Crippen LogP contribution in [0.1, 0.15) is 103 Å². The largest absolute Gasteiger partial charge is 0.455 e. The average Bonchev–Trinajstić information content (AvgIpc) is 4.04. The maximum absolute atomic E-state index is 7.41. The third kappa shape index (κ3) is 5.43. The standard InChI is InChI=1S/C63H55BN2OS/c1-60(2,3)34-22-24-35(25-23-34)65-48-30-39-36-16-10-13-19-43(36)63(8,9)44(39)28-41(48)56-57-58-54(55-38-18-11-14-20-51(38)67-59(55)56)42-29-45-46(62(6,7)27-26-61(45,4)5)32-49(42)66(58)50-31-40-37-17-12-15-21-52(37)68-53(40)33-47(50)64-57/h10-25,28-33,64-65H,26-27H2,1-9H3. The smallest absolute Gasteiger partial charge is 0.198 e. The van der Waals surface area contributed by atoms with Crippen LogP contribution in [0, 0.1) is 0 Å². The van der Waals surface area contributed by atoms with E-state index in [2.05, 4.69) is 206 Å². The number of para-hydroxylation sites is 1. The molecule has 0 amide bonds. The molecule has 0 bridgehead atoms. The minimum Gasteiger partial charge on any atom is -0.455 e. The summed E-state index contributed by atoms with van der Waals surface area (Å²) in [7, 11) is 0.784. The molecule has 3 aliphatic rings. The highest BCUT2D eigenvalue weighted by Crippen LogP contribution is 2.55. The van der Waals surface area contributed by atoms with Gasteiger partial charge in [-0.3, -0.25) is 0 Å². The lowest BCUT2D eigenvalue weighted by atomic mass is 9.58. The van der Waals surface area contributed by atoms with Gasteiger partial charge in [-0.15, -0.1) is 11.3 Å². The van der Waals surface area contributed by atoms with Crippen molar-refractivity contribution in [2.75, 3.05) is 5.32 Å². The summed E-state index contributed by atoms with van der Waals surface area (Å²) in [5.41, 5.74) is 22.5. The second-order valence-corrected chi connectivity index (χ2v) is 24.3. The first kappa shape index (κ1) is 40.5. The number of benzene rings is 8. The van der Waals surface area contributed by atoms with Crippen molar-refractivity contribution in [3.05, 3.63) is 161 Å². The molecular formula is C63H55BN2OS. The molecule has 3 aromatic heterocycles. The summed E-state index contributed by atoms with van der Waals surface area (Å²) in [5, 5.41) is 11.7. The molecule has 3 nitrogen and oxygen atoms in total. The molecule has 11 aromatic rings. The molecule has 1 aliphatic heterocycles. The molecule has 8 aromatic carbocycles. The van der Waals surface area contributed by atoms with Crippen molar-refractivity contribution in [1.82, 2.24) is 4.57 Å². The van der Waals surface area contributed by atoms with Gasteiger partial charge in [0.05, 0.1) is 11.0 Å². The van der Waals surface area contributed by atoms with Crippen LogP contribution >= 0.6 is 11.3 Å². The van der Waals surface area contributed by atoms with Gasteiger partial charge in [-0.05, 0) is 134 Å². The molecule has 0 unspecified atom stereocenters. The Balaban J connectivity index is 1.16. The van der Waals surface area contributed by atoms with E-state index < -0.39 is 0 Å². The Kier molecular flexibility index (Phi) is 7.96. The van der Waals surface area contributed by atoms with Gasteiger partial charge >= 0.3 is 0 Å². The van der Waals surface area contributed by atoms with Crippen molar-refractivity contribution < 1.29 is 4.42 Å². The number of fused-ring (bicyclic) bond motifs is 16. The predicted molar refractivity (Wildman–Crippen MR) is 294 cm³/mol. The quantitative estimate of drug-likeness (QED) is 0.179. The SMILES string of the molecule is CC(C)(C)c1ccc(Nc2cc3c(cc2-c2c4c5c(c6cc7c(cc6n5-c5cc6c(cc5B4)sc4ccccc46)C(C)(C)CCC7(C)C)c4c2oc2ccccc24)C(C)(C)c2ccccc2-3)cc1. The molecule has 0 radical (unpaired) electrons. The van der Waals surface area contributed by atoms with Crippen molar-refractivity contribution in [3.8, 4) is 27.9 Å².